The first kappa shape index (κ1) is 10.8. The maximum Gasteiger partial charge on any atom is 0.157 e. The summed E-state index contributed by atoms with van der Waals surface area (Å²) in [5.74, 6) is 1.09. The fourth-order valence-electron chi connectivity index (χ4n) is 1.44. The minimum Gasteiger partial charge on any atom is -0.358 e. The second-order valence-electron chi connectivity index (χ2n) is 3.45. The van der Waals surface area contributed by atoms with Crippen LogP contribution < -0.4 is 5.32 Å². The lowest BCUT2D eigenvalue weighted by Gasteiger charge is -2.14. The number of nitrogens with one attached hydrogen (secondary N) is 1. The van der Waals surface area contributed by atoms with Gasteiger partial charge < -0.3 is 5.32 Å². The molecule has 0 saturated carbocycles. The zero-order valence-corrected chi connectivity index (χ0v) is 10.1. The molecule has 1 aliphatic heterocycles. The van der Waals surface area contributed by atoms with Gasteiger partial charge >= 0.3 is 0 Å². The average Bonchev–Trinajstić information content (AvgIpc) is 2.71. The van der Waals surface area contributed by atoms with Crippen molar-refractivity contribution in [2.45, 2.75) is 13.0 Å². The lowest BCUT2D eigenvalue weighted by molar-refractivity contribution is 0.723. The Morgan fingerprint density at radius 1 is 1.40 bits per heavy atom. The molecule has 0 saturated heterocycles. The molecule has 1 aliphatic rings. The molecule has 1 heterocycles. The lowest BCUT2D eigenvalue weighted by atomic mass is 10.1. The Labute approximate surface area is 99.1 Å². The largest absolute Gasteiger partial charge is 0.358 e. The highest BCUT2D eigenvalue weighted by Gasteiger charge is 2.11. The summed E-state index contributed by atoms with van der Waals surface area (Å²) in [7, 11) is 0. The third-order valence-electron chi connectivity index (χ3n) is 2.30. The third kappa shape index (κ3) is 2.89. The normalized spacial score (nSPS) is 17.3. The highest BCUT2D eigenvalue weighted by atomic mass is 35.5. The average molecular weight is 241 g/mol. The molecule has 0 aromatic heterocycles. The molecule has 4 heteroatoms. The number of thioether (sulfide) groups is 1. The van der Waals surface area contributed by atoms with Gasteiger partial charge in [0.15, 0.2) is 5.17 Å². The molecular weight excluding hydrogens is 228 g/mol. The molecule has 2 rings (SSSR count). The van der Waals surface area contributed by atoms with Gasteiger partial charge in [0.05, 0.1) is 12.6 Å². The first-order valence-corrected chi connectivity index (χ1v) is 6.31. The molecule has 2 nitrogen and oxygen atoms in total. The number of rotatable bonds is 2. The molecule has 1 N–H and O–H groups in total. The van der Waals surface area contributed by atoms with Crippen LogP contribution in [0.15, 0.2) is 29.3 Å². The van der Waals surface area contributed by atoms with Crippen molar-refractivity contribution in [3.63, 3.8) is 0 Å². The lowest BCUT2D eigenvalue weighted by Crippen LogP contribution is -2.22. The Hall–Kier alpha value is -0.670. The van der Waals surface area contributed by atoms with Crippen LogP contribution in [-0.2, 0) is 0 Å². The van der Waals surface area contributed by atoms with Gasteiger partial charge in [0.1, 0.15) is 0 Å². The van der Waals surface area contributed by atoms with Crippen molar-refractivity contribution < 1.29 is 0 Å². The van der Waals surface area contributed by atoms with Gasteiger partial charge in [0.25, 0.3) is 0 Å². The predicted molar refractivity (Wildman–Crippen MR) is 67.8 cm³/mol. The number of hydrogen-bond acceptors (Lipinski definition) is 3. The van der Waals surface area contributed by atoms with E-state index in [1.807, 2.05) is 24.3 Å². The Bertz CT molecular complexity index is 361. The van der Waals surface area contributed by atoms with E-state index in [1.165, 1.54) is 5.56 Å². The number of nitrogens with zero attached hydrogens (tertiary/aromatic N) is 1. The first-order chi connectivity index (χ1) is 7.25. The van der Waals surface area contributed by atoms with Crippen molar-refractivity contribution in [3.8, 4) is 0 Å². The quantitative estimate of drug-likeness (QED) is 0.859. The van der Waals surface area contributed by atoms with E-state index in [9.17, 15) is 0 Å². The summed E-state index contributed by atoms with van der Waals surface area (Å²) < 4.78 is 0. The Balaban J connectivity index is 2.00. The summed E-state index contributed by atoms with van der Waals surface area (Å²) in [6.45, 7) is 3.06. The van der Waals surface area contributed by atoms with Crippen LogP contribution in [0, 0.1) is 0 Å². The molecule has 0 bridgehead atoms. The Morgan fingerprint density at radius 2 is 2.13 bits per heavy atom. The summed E-state index contributed by atoms with van der Waals surface area (Å²) in [6.07, 6.45) is 0. The molecule has 0 aliphatic carbocycles. The van der Waals surface area contributed by atoms with Gasteiger partial charge in [-0.3, -0.25) is 4.99 Å². The second kappa shape index (κ2) is 4.90. The maximum absolute atomic E-state index is 5.84. The van der Waals surface area contributed by atoms with Gasteiger partial charge in [-0.15, -0.1) is 0 Å². The molecule has 15 heavy (non-hydrogen) atoms. The Morgan fingerprint density at radius 3 is 2.73 bits per heavy atom. The smallest absolute Gasteiger partial charge is 0.157 e. The van der Waals surface area contributed by atoms with E-state index in [0.29, 0.717) is 0 Å². The van der Waals surface area contributed by atoms with E-state index in [-0.39, 0.29) is 6.04 Å². The number of hydrogen-bond donors (Lipinski definition) is 1. The minimum absolute atomic E-state index is 0.284. The predicted octanol–water partition coefficient (Wildman–Crippen LogP) is 3.09. The van der Waals surface area contributed by atoms with E-state index in [4.69, 9.17) is 11.6 Å². The van der Waals surface area contributed by atoms with Crippen LogP contribution in [0.4, 0.5) is 0 Å². The van der Waals surface area contributed by atoms with Crippen molar-refractivity contribution in [2.75, 3.05) is 12.3 Å². The monoisotopic (exact) mass is 240 g/mol. The van der Waals surface area contributed by atoms with Gasteiger partial charge in [-0.05, 0) is 24.6 Å². The van der Waals surface area contributed by atoms with E-state index in [0.717, 1.165) is 22.5 Å². The van der Waals surface area contributed by atoms with E-state index in [2.05, 4.69) is 17.2 Å². The number of aliphatic imine (C=N–C) groups is 1. The Kier molecular flexibility index (Phi) is 3.54. The third-order valence-corrected chi connectivity index (χ3v) is 3.45. The van der Waals surface area contributed by atoms with Crippen molar-refractivity contribution >= 4 is 28.5 Å². The minimum atomic E-state index is 0.284. The molecule has 1 atom stereocenters. The first-order valence-electron chi connectivity index (χ1n) is 4.95. The molecule has 1 aromatic rings. The zero-order chi connectivity index (χ0) is 10.7. The van der Waals surface area contributed by atoms with E-state index < -0.39 is 0 Å². The van der Waals surface area contributed by atoms with Crippen molar-refractivity contribution in [1.82, 2.24) is 5.32 Å². The fraction of sp³-hybridized carbons (Fsp3) is 0.364. The van der Waals surface area contributed by atoms with Crippen LogP contribution in [0.5, 0.6) is 0 Å². The highest BCUT2D eigenvalue weighted by molar-refractivity contribution is 8.14. The summed E-state index contributed by atoms with van der Waals surface area (Å²) in [4.78, 5) is 4.36. The zero-order valence-electron chi connectivity index (χ0n) is 8.53. The van der Waals surface area contributed by atoms with Crippen LogP contribution in [0.3, 0.4) is 0 Å². The standard InChI is InChI=1S/C11H13ClN2S/c1-8(14-11-13-6-7-15-11)9-2-4-10(12)5-3-9/h2-5,8H,6-7H2,1H3,(H,13,14). The number of halogens is 1. The molecule has 1 aromatic carbocycles. The molecule has 0 amide bonds. The molecule has 0 fully saturated rings. The fourth-order valence-corrected chi connectivity index (χ4v) is 2.39. The van der Waals surface area contributed by atoms with Crippen LogP contribution in [0.25, 0.3) is 0 Å². The SMILES string of the molecule is CC(NC1=NCCS1)c1ccc(Cl)cc1. The highest BCUT2D eigenvalue weighted by Crippen LogP contribution is 2.18. The van der Waals surface area contributed by atoms with Crippen LogP contribution in [-0.4, -0.2) is 17.5 Å². The van der Waals surface area contributed by atoms with Crippen LogP contribution in [0.2, 0.25) is 5.02 Å². The van der Waals surface area contributed by atoms with Crippen LogP contribution >= 0.6 is 23.4 Å². The van der Waals surface area contributed by atoms with Crippen LogP contribution in [0.1, 0.15) is 18.5 Å². The summed E-state index contributed by atoms with van der Waals surface area (Å²) in [5, 5.41) is 5.21. The van der Waals surface area contributed by atoms with Gasteiger partial charge in [-0.1, -0.05) is 35.5 Å². The van der Waals surface area contributed by atoms with Gasteiger partial charge in [-0.25, -0.2) is 0 Å². The van der Waals surface area contributed by atoms with Gasteiger partial charge in [0.2, 0.25) is 0 Å². The molecule has 0 spiro atoms. The summed E-state index contributed by atoms with van der Waals surface area (Å²) >= 11 is 7.62. The molecule has 0 radical (unpaired) electrons. The van der Waals surface area contributed by atoms with Crippen molar-refractivity contribution in [2.24, 2.45) is 4.99 Å². The van der Waals surface area contributed by atoms with E-state index >= 15 is 0 Å². The van der Waals surface area contributed by atoms with Crippen molar-refractivity contribution in [3.05, 3.63) is 34.9 Å². The topological polar surface area (TPSA) is 24.4 Å². The molecule has 80 valence electrons. The van der Waals surface area contributed by atoms with E-state index in [1.54, 1.807) is 11.8 Å². The van der Waals surface area contributed by atoms with Gasteiger partial charge in [-0.2, -0.15) is 0 Å². The number of benzene rings is 1. The van der Waals surface area contributed by atoms with Gasteiger partial charge in [0, 0.05) is 10.8 Å². The molecular formula is C11H13ClN2S. The molecule has 1 unspecified atom stereocenters. The maximum atomic E-state index is 5.84. The summed E-state index contributed by atoms with van der Waals surface area (Å²) in [5.41, 5.74) is 1.23. The van der Waals surface area contributed by atoms with Crippen molar-refractivity contribution in [1.29, 1.82) is 0 Å². The summed E-state index contributed by atoms with van der Waals surface area (Å²) in [6, 6.07) is 8.20. The second-order valence-corrected chi connectivity index (χ2v) is 4.97. The number of amidine groups is 1.